The summed E-state index contributed by atoms with van der Waals surface area (Å²) in [6, 6.07) is 3.14. The first-order valence-corrected chi connectivity index (χ1v) is 7.87. The first-order valence-electron chi connectivity index (χ1n) is 6.24. The number of carbonyl (C=O) groups excluding carboxylic acids is 1. The summed E-state index contributed by atoms with van der Waals surface area (Å²) in [6.45, 7) is 0. The van der Waals surface area contributed by atoms with E-state index in [-0.39, 0.29) is 11.6 Å². The van der Waals surface area contributed by atoms with E-state index in [1.54, 1.807) is 6.07 Å². The smallest absolute Gasteiger partial charge is 0.305 e. The van der Waals surface area contributed by atoms with Crippen LogP contribution in [0.5, 0.6) is 5.75 Å². The highest BCUT2D eigenvalue weighted by Gasteiger charge is 2.32. The van der Waals surface area contributed by atoms with Gasteiger partial charge in [0.2, 0.25) is 5.91 Å². The second-order valence-electron chi connectivity index (χ2n) is 4.35. The Morgan fingerprint density at radius 2 is 2.26 bits per heavy atom. The monoisotopic (exact) mass is 375 g/mol. The predicted octanol–water partition coefficient (Wildman–Crippen LogP) is 2.40. The van der Waals surface area contributed by atoms with E-state index < -0.39 is 17.1 Å². The second kappa shape index (κ2) is 7.67. The van der Waals surface area contributed by atoms with Crippen LogP contribution in [0.2, 0.25) is 10.0 Å². The Bertz CT molecular complexity index is 709. The number of thioether (sulfide) groups is 1. The van der Waals surface area contributed by atoms with E-state index in [9.17, 15) is 9.59 Å². The molecule has 1 unspecified atom stereocenters. The Morgan fingerprint density at radius 1 is 1.52 bits per heavy atom. The lowest BCUT2D eigenvalue weighted by molar-refractivity contribution is -0.138. The standard InChI is InChI=1S/C13H11Cl2N3O4S/c1-22-11-6(2-7(14)3-8(11)15)5-16-18-13-17-12(21)9(23-13)4-10(19)20/h2-3,5,9H,4H2,1H3,(H,19,20)(H,17,18,21)/b16-5+. The van der Waals surface area contributed by atoms with Gasteiger partial charge >= 0.3 is 5.97 Å². The van der Waals surface area contributed by atoms with Gasteiger partial charge in [-0.3, -0.25) is 9.59 Å². The van der Waals surface area contributed by atoms with Gasteiger partial charge in [0.05, 0.1) is 24.8 Å². The third kappa shape index (κ3) is 4.60. The summed E-state index contributed by atoms with van der Waals surface area (Å²) < 4.78 is 5.16. The van der Waals surface area contributed by atoms with Crippen molar-refractivity contribution in [1.29, 1.82) is 0 Å². The van der Waals surface area contributed by atoms with E-state index in [1.165, 1.54) is 19.4 Å². The average Bonchev–Trinajstić information content (AvgIpc) is 2.78. The van der Waals surface area contributed by atoms with Gasteiger partial charge in [0.25, 0.3) is 0 Å². The fourth-order valence-corrected chi connectivity index (χ4v) is 3.28. The molecule has 10 heteroatoms. The van der Waals surface area contributed by atoms with Gasteiger partial charge in [-0.1, -0.05) is 35.0 Å². The highest BCUT2D eigenvalue weighted by molar-refractivity contribution is 8.15. The normalized spacial score (nSPS) is 19.3. The molecule has 0 radical (unpaired) electrons. The van der Waals surface area contributed by atoms with Crippen molar-refractivity contribution in [2.75, 3.05) is 7.11 Å². The van der Waals surface area contributed by atoms with Crippen molar-refractivity contribution in [2.45, 2.75) is 11.7 Å². The quantitative estimate of drug-likeness (QED) is 0.607. The number of hydrogen-bond donors (Lipinski definition) is 2. The van der Waals surface area contributed by atoms with Crippen LogP contribution >= 0.6 is 35.0 Å². The van der Waals surface area contributed by atoms with Gasteiger partial charge in [-0.25, -0.2) is 0 Å². The lowest BCUT2D eigenvalue weighted by Gasteiger charge is -2.06. The van der Waals surface area contributed by atoms with Gasteiger partial charge in [0, 0.05) is 10.6 Å². The van der Waals surface area contributed by atoms with Crippen molar-refractivity contribution < 1.29 is 19.4 Å². The molecule has 0 spiro atoms. The van der Waals surface area contributed by atoms with Gasteiger partial charge in [-0.05, 0) is 12.1 Å². The number of nitrogens with one attached hydrogen (secondary N) is 1. The predicted molar refractivity (Wildman–Crippen MR) is 89.8 cm³/mol. The maximum absolute atomic E-state index is 11.6. The van der Waals surface area contributed by atoms with Gasteiger partial charge in [-0.2, -0.15) is 5.10 Å². The van der Waals surface area contributed by atoms with Crippen molar-refractivity contribution in [2.24, 2.45) is 10.2 Å². The molecule has 1 amide bonds. The minimum Gasteiger partial charge on any atom is -0.495 e. The Hall–Kier alpha value is -1.77. The number of halogens is 2. The zero-order chi connectivity index (χ0) is 17.0. The Labute approximate surface area is 145 Å². The molecule has 0 aromatic heterocycles. The van der Waals surface area contributed by atoms with E-state index in [0.717, 1.165) is 11.8 Å². The summed E-state index contributed by atoms with van der Waals surface area (Å²) in [5.74, 6) is -1.07. The molecule has 1 aromatic carbocycles. The molecule has 122 valence electrons. The van der Waals surface area contributed by atoms with Crippen LogP contribution in [0, 0.1) is 0 Å². The van der Waals surface area contributed by atoms with Crippen molar-refractivity contribution >= 4 is 58.2 Å². The average molecular weight is 376 g/mol. The van der Waals surface area contributed by atoms with Crippen LogP contribution in [0.3, 0.4) is 0 Å². The first kappa shape index (κ1) is 17.6. The first-order chi connectivity index (χ1) is 10.9. The van der Waals surface area contributed by atoms with Crippen LogP contribution in [0.15, 0.2) is 22.3 Å². The van der Waals surface area contributed by atoms with Crippen molar-refractivity contribution in [3.8, 4) is 5.75 Å². The van der Waals surface area contributed by atoms with E-state index in [0.29, 0.717) is 21.4 Å². The molecule has 1 aliphatic heterocycles. The summed E-state index contributed by atoms with van der Waals surface area (Å²) in [5, 5.41) is 19.1. The molecule has 1 atom stereocenters. The van der Waals surface area contributed by atoms with Gasteiger partial charge in [0.15, 0.2) is 5.17 Å². The minimum atomic E-state index is -1.05. The van der Waals surface area contributed by atoms with Crippen LogP contribution in [0.4, 0.5) is 0 Å². The van der Waals surface area contributed by atoms with E-state index in [4.69, 9.17) is 33.0 Å². The zero-order valence-corrected chi connectivity index (χ0v) is 14.1. The molecule has 0 bridgehead atoms. The SMILES string of the molecule is COc1c(Cl)cc(Cl)cc1/C=N/N=C1\NC(=O)C(CC(=O)O)S1. The van der Waals surface area contributed by atoms with Crippen molar-refractivity contribution in [3.63, 3.8) is 0 Å². The molecule has 1 aliphatic rings. The summed E-state index contributed by atoms with van der Waals surface area (Å²) >= 11 is 12.9. The molecular weight excluding hydrogens is 365 g/mol. The van der Waals surface area contributed by atoms with Crippen LogP contribution in [-0.4, -0.2) is 40.7 Å². The summed E-state index contributed by atoms with van der Waals surface area (Å²) in [6.07, 6.45) is 1.10. The number of carboxylic acids is 1. The summed E-state index contributed by atoms with van der Waals surface area (Å²) in [7, 11) is 1.46. The molecule has 2 N–H and O–H groups in total. The van der Waals surface area contributed by atoms with Crippen LogP contribution in [-0.2, 0) is 9.59 Å². The molecule has 7 nitrogen and oxygen atoms in total. The zero-order valence-electron chi connectivity index (χ0n) is 11.7. The molecule has 2 rings (SSSR count). The Kier molecular flexibility index (Phi) is 5.86. The fraction of sp³-hybridized carbons (Fsp3) is 0.231. The van der Waals surface area contributed by atoms with Gasteiger partial charge in [-0.15, -0.1) is 5.10 Å². The van der Waals surface area contributed by atoms with Crippen LogP contribution in [0.1, 0.15) is 12.0 Å². The number of rotatable bonds is 5. The van der Waals surface area contributed by atoms with Crippen molar-refractivity contribution in [3.05, 3.63) is 27.7 Å². The van der Waals surface area contributed by atoms with E-state index >= 15 is 0 Å². The second-order valence-corrected chi connectivity index (χ2v) is 6.39. The van der Waals surface area contributed by atoms with Crippen LogP contribution < -0.4 is 10.1 Å². The number of hydrogen-bond acceptors (Lipinski definition) is 6. The number of carbonyl (C=O) groups is 2. The number of nitrogens with zero attached hydrogens (tertiary/aromatic N) is 2. The molecule has 23 heavy (non-hydrogen) atoms. The van der Waals surface area contributed by atoms with Crippen molar-refractivity contribution in [1.82, 2.24) is 5.32 Å². The third-order valence-corrected chi connectivity index (χ3v) is 4.29. The topological polar surface area (TPSA) is 100 Å². The summed E-state index contributed by atoms with van der Waals surface area (Å²) in [5.41, 5.74) is 0.519. The minimum absolute atomic E-state index is 0.226. The number of aliphatic carboxylic acids is 1. The number of benzene rings is 1. The molecule has 0 saturated carbocycles. The molecule has 1 fully saturated rings. The molecule has 1 saturated heterocycles. The van der Waals surface area contributed by atoms with Gasteiger partial charge in [0.1, 0.15) is 11.0 Å². The number of ether oxygens (including phenoxy) is 1. The maximum Gasteiger partial charge on any atom is 0.305 e. The molecule has 1 heterocycles. The number of amidine groups is 1. The maximum atomic E-state index is 11.6. The van der Waals surface area contributed by atoms with Gasteiger partial charge < -0.3 is 15.2 Å². The highest BCUT2D eigenvalue weighted by atomic mass is 35.5. The van der Waals surface area contributed by atoms with E-state index in [1.807, 2.05) is 0 Å². The Balaban J connectivity index is 2.13. The lowest BCUT2D eigenvalue weighted by Crippen LogP contribution is -2.26. The fourth-order valence-electron chi connectivity index (χ4n) is 1.78. The molecular formula is C13H11Cl2N3O4S. The Morgan fingerprint density at radius 3 is 2.91 bits per heavy atom. The van der Waals surface area contributed by atoms with Crippen LogP contribution in [0.25, 0.3) is 0 Å². The lowest BCUT2D eigenvalue weighted by atomic mass is 10.2. The van der Waals surface area contributed by atoms with E-state index in [2.05, 4.69) is 15.5 Å². The molecule has 0 aliphatic carbocycles. The third-order valence-electron chi connectivity index (χ3n) is 2.72. The summed E-state index contributed by atoms with van der Waals surface area (Å²) in [4.78, 5) is 22.2. The largest absolute Gasteiger partial charge is 0.495 e. The number of carboxylic acid groups (broad SMARTS) is 1. The number of methoxy groups -OCH3 is 1. The highest BCUT2D eigenvalue weighted by Crippen LogP contribution is 2.31. The number of amides is 1. The molecule has 1 aromatic rings.